The number of aliphatic hydroxyl groups is 1. The summed E-state index contributed by atoms with van der Waals surface area (Å²) < 4.78 is 0. The van der Waals surface area contributed by atoms with E-state index in [9.17, 15) is 9.90 Å². The van der Waals surface area contributed by atoms with Crippen LogP contribution in [0.4, 0.5) is 5.69 Å². The number of allylic oxidation sites excluding steroid dienone is 4. The number of nitrogens with zero attached hydrogens (tertiary/aromatic N) is 1. The lowest BCUT2D eigenvalue weighted by Gasteiger charge is -2.53. The predicted octanol–water partition coefficient (Wildman–Crippen LogP) is 5.02. The number of anilines is 1. The first kappa shape index (κ1) is 20.6. The Morgan fingerprint density at radius 3 is 2.55 bits per heavy atom. The van der Waals surface area contributed by atoms with Gasteiger partial charge in [-0.15, -0.1) is 6.42 Å². The molecular weight excluding hydrogens is 382 g/mol. The van der Waals surface area contributed by atoms with Crippen LogP contribution in [0.3, 0.4) is 0 Å². The molecule has 2 saturated carbocycles. The zero-order valence-electron chi connectivity index (χ0n) is 18.9. The topological polar surface area (TPSA) is 40.5 Å². The molecule has 0 spiro atoms. The monoisotopic (exact) mass is 415 g/mol. The van der Waals surface area contributed by atoms with Gasteiger partial charge in [0.05, 0.1) is 0 Å². The van der Waals surface area contributed by atoms with E-state index in [1.54, 1.807) is 5.57 Å². The summed E-state index contributed by atoms with van der Waals surface area (Å²) >= 11 is 0. The van der Waals surface area contributed by atoms with Gasteiger partial charge in [-0.25, -0.2) is 0 Å². The highest BCUT2D eigenvalue weighted by Gasteiger charge is 2.62. The molecule has 0 aromatic heterocycles. The highest BCUT2D eigenvalue weighted by molar-refractivity contribution is 5.93. The minimum atomic E-state index is -1.03. The van der Waals surface area contributed by atoms with Crippen LogP contribution in [-0.4, -0.2) is 30.6 Å². The lowest BCUT2D eigenvalue weighted by Crippen LogP contribution is -2.50. The zero-order chi connectivity index (χ0) is 22.0. The fourth-order valence-corrected chi connectivity index (χ4v) is 7.21. The van der Waals surface area contributed by atoms with Gasteiger partial charge in [0, 0.05) is 37.5 Å². The first-order valence-electron chi connectivity index (χ1n) is 11.7. The van der Waals surface area contributed by atoms with Gasteiger partial charge < -0.3 is 10.0 Å². The van der Waals surface area contributed by atoms with Gasteiger partial charge in [-0.05, 0) is 85.3 Å². The number of hydrogen-bond acceptors (Lipinski definition) is 3. The third-order valence-electron chi connectivity index (χ3n) is 8.94. The van der Waals surface area contributed by atoms with E-state index >= 15 is 0 Å². The highest BCUT2D eigenvalue weighted by atomic mass is 16.3. The first-order chi connectivity index (χ1) is 14.8. The number of carbonyl (C=O) groups is 1. The van der Waals surface area contributed by atoms with Gasteiger partial charge in [-0.3, -0.25) is 4.79 Å². The number of fused-ring (bicyclic) bond motifs is 4. The van der Waals surface area contributed by atoms with Crippen molar-refractivity contribution >= 4 is 11.5 Å². The van der Waals surface area contributed by atoms with Crippen LogP contribution in [0.1, 0.15) is 63.4 Å². The number of ketones is 1. The van der Waals surface area contributed by atoms with Crippen molar-refractivity contribution in [2.75, 3.05) is 19.0 Å². The van der Waals surface area contributed by atoms with E-state index in [0.29, 0.717) is 24.7 Å². The molecule has 0 saturated heterocycles. The molecule has 3 heteroatoms. The van der Waals surface area contributed by atoms with Gasteiger partial charge in [0.25, 0.3) is 0 Å². The van der Waals surface area contributed by atoms with Crippen molar-refractivity contribution in [2.24, 2.45) is 17.3 Å². The maximum absolute atomic E-state index is 12.1. The summed E-state index contributed by atoms with van der Waals surface area (Å²) in [7, 11) is 4.12. The number of carbonyl (C=O) groups excluding carboxylic acids is 1. The molecule has 31 heavy (non-hydrogen) atoms. The second-order valence-corrected chi connectivity index (χ2v) is 10.5. The quantitative estimate of drug-likeness (QED) is 0.690. The van der Waals surface area contributed by atoms with E-state index in [1.807, 2.05) is 6.08 Å². The Labute approximate surface area is 186 Å². The molecule has 162 valence electrons. The molecule has 1 aromatic carbocycles. The van der Waals surface area contributed by atoms with Crippen LogP contribution in [0.15, 0.2) is 47.1 Å². The number of terminal acetylenes is 1. The minimum absolute atomic E-state index is 0.243. The van der Waals surface area contributed by atoms with Crippen LogP contribution in [0.5, 0.6) is 0 Å². The normalized spacial score (nSPS) is 36.8. The lowest BCUT2D eigenvalue weighted by atomic mass is 9.51. The number of hydrogen-bond donors (Lipinski definition) is 1. The van der Waals surface area contributed by atoms with Gasteiger partial charge >= 0.3 is 0 Å². The average Bonchev–Trinajstić information content (AvgIpc) is 3.04. The molecule has 3 nitrogen and oxygen atoms in total. The van der Waals surface area contributed by atoms with Gasteiger partial charge in [0.2, 0.25) is 0 Å². The predicted molar refractivity (Wildman–Crippen MR) is 125 cm³/mol. The van der Waals surface area contributed by atoms with Crippen molar-refractivity contribution in [3.63, 3.8) is 0 Å². The van der Waals surface area contributed by atoms with Crippen molar-refractivity contribution in [1.29, 1.82) is 0 Å². The van der Waals surface area contributed by atoms with Crippen LogP contribution < -0.4 is 4.90 Å². The minimum Gasteiger partial charge on any atom is -0.378 e. The van der Waals surface area contributed by atoms with Crippen molar-refractivity contribution in [3.05, 3.63) is 52.6 Å². The van der Waals surface area contributed by atoms with E-state index < -0.39 is 5.60 Å². The second kappa shape index (κ2) is 7.10. The molecule has 0 radical (unpaired) electrons. The fourth-order valence-electron chi connectivity index (χ4n) is 7.21. The Kier molecular flexibility index (Phi) is 4.72. The van der Waals surface area contributed by atoms with Gasteiger partial charge in [0.1, 0.15) is 5.60 Å². The number of benzene rings is 1. The van der Waals surface area contributed by atoms with E-state index in [0.717, 1.165) is 32.1 Å². The summed E-state index contributed by atoms with van der Waals surface area (Å²) in [6.45, 7) is 2.24. The smallest absolute Gasteiger partial charge is 0.156 e. The van der Waals surface area contributed by atoms with Crippen LogP contribution in [0.25, 0.3) is 0 Å². The summed E-state index contributed by atoms with van der Waals surface area (Å²) in [6, 6.07) is 8.89. The Bertz CT molecular complexity index is 1020. The van der Waals surface area contributed by atoms with Crippen molar-refractivity contribution < 1.29 is 9.90 Å². The number of rotatable bonds is 2. The molecule has 2 fully saturated rings. The lowest BCUT2D eigenvalue weighted by molar-refractivity contribution is -0.114. The van der Waals surface area contributed by atoms with E-state index in [-0.39, 0.29) is 17.1 Å². The summed E-state index contributed by atoms with van der Waals surface area (Å²) in [4.78, 5) is 14.2. The second-order valence-electron chi connectivity index (χ2n) is 10.5. The van der Waals surface area contributed by atoms with E-state index in [4.69, 9.17) is 6.42 Å². The van der Waals surface area contributed by atoms with Crippen molar-refractivity contribution in [3.8, 4) is 12.3 Å². The molecule has 5 atom stereocenters. The Hall–Kier alpha value is -2.31. The maximum atomic E-state index is 12.1. The first-order valence-corrected chi connectivity index (χ1v) is 11.7. The summed E-state index contributed by atoms with van der Waals surface area (Å²) in [5.41, 5.74) is 5.43. The molecule has 5 rings (SSSR count). The van der Waals surface area contributed by atoms with Crippen LogP contribution in [0, 0.1) is 29.6 Å². The summed E-state index contributed by atoms with van der Waals surface area (Å²) in [5.74, 6) is 4.18. The third kappa shape index (κ3) is 2.95. The molecule has 4 aliphatic rings. The maximum Gasteiger partial charge on any atom is 0.156 e. The molecule has 0 unspecified atom stereocenters. The van der Waals surface area contributed by atoms with Crippen molar-refractivity contribution in [1.82, 2.24) is 0 Å². The summed E-state index contributed by atoms with van der Waals surface area (Å²) in [6.07, 6.45) is 13.9. The average molecular weight is 416 g/mol. The Morgan fingerprint density at radius 2 is 1.87 bits per heavy atom. The Morgan fingerprint density at radius 1 is 1.13 bits per heavy atom. The molecule has 1 N–H and O–H groups in total. The van der Waals surface area contributed by atoms with E-state index in [2.05, 4.69) is 56.1 Å². The van der Waals surface area contributed by atoms with Crippen molar-refractivity contribution in [2.45, 2.75) is 63.4 Å². The molecule has 0 aliphatic heterocycles. The van der Waals surface area contributed by atoms with E-state index in [1.165, 1.54) is 22.4 Å². The highest BCUT2D eigenvalue weighted by Crippen LogP contribution is 2.66. The molecule has 1 aromatic rings. The zero-order valence-corrected chi connectivity index (χ0v) is 18.9. The fraction of sp³-hybridized carbons (Fsp3) is 0.536. The van der Waals surface area contributed by atoms with Crippen LogP contribution in [0.2, 0.25) is 0 Å². The third-order valence-corrected chi connectivity index (χ3v) is 8.94. The largest absolute Gasteiger partial charge is 0.378 e. The Balaban J connectivity index is 1.67. The van der Waals surface area contributed by atoms with Crippen LogP contribution in [-0.2, 0) is 4.79 Å². The molecule has 0 bridgehead atoms. The standard InChI is InChI=1S/C28H33NO2/c1-5-28(31)15-14-25-23-12-8-19-16-21(30)11-13-22(19)26(23)24(17-27(25,28)2)18-6-9-20(10-7-18)29(3)4/h1,6-7,9-10,16,23-25,31H,8,11-15,17H2,2-4H3/t23-,24+,25-,27-,28-/m0/s1. The molecule has 4 aliphatic carbocycles. The molecular formula is C28H33NO2. The summed E-state index contributed by atoms with van der Waals surface area (Å²) in [5, 5.41) is 11.5. The van der Waals surface area contributed by atoms with Gasteiger partial charge in [-0.1, -0.05) is 30.6 Å². The SMILES string of the molecule is C#C[C@]1(O)CC[C@H]2[C@@H]3CCC4=CC(=O)CCC4=C3[C@@H](c3ccc(N(C)C)cc3)C[C@@]21C. The molecule has 0 amide bonds. The van der Waals surface area contributed by atoms with Gasteiger partial charge in [0.15, 0.2) is 5.78 Å². The molecule has 0 heterocycles. The van der Waals surface area contributed by atoms with Crippen LogP contribution >= 0.6 is 0 Å². The van der Waals surface area contributed by atoms with Gasteiger partial charge in [-0.2, -0.15) is 0 Å².